The lowest BCUT2D eigenvalue weighted by molar-refractivity contribution is -0.138. The number of hydrogen-bond acceptors (Lipinski definition) is 8. The minimum Gasteiger partial charge on any atom is -0.510 e. The molecule has 1 saturated carbocycles. The predicted octanol–water partition coefficient (Wildman–Crippen LogP) is 5.73. The number of ether oxygens (including phenoxy) is 3. The Morgan fingerprint density at radius 3 is 2.30 bits per heavy atom. The normalized spacial score (nSPS) is 16.6. The van der Waals surface area contributed by atoms with Crippen LogP contribution in [0.25, 0.3) is 0 Å². The van der Waals surface area contributed by atoms with Crippen LogP contribution in [0.5, 0.6) is 11.5 Å². The van der Waals surface area contributed by atoms with Crippen molar-refractivity contribution in [1.82, 2.24) is 14.8 Å². The van der Waals surface area contributed by atoms with Gasteiger partial charge in [0.05, 0.1) is 38.5 Å². The number of pyridine rings is 1. The Morgan fingerprint density at radius 1 is 1.00 bits per heavy atom. The molecule has 0 bridgehead atoms. The summed E-state index contributed by atoms with van der Waals surface area (Å²) in [4.78, 5) is 29.0. The Bertz CT molecular complexity index is 1740. The largest absolute Gasteiger partial charge is 0.510 e. The van der Waals surface area contributed by atoms with Crippen molar-refractivity contribution in [3.8, 4) is 11.5 Å². The van der Waals surface area contributed by atoms with Gasteiger partial charge in [-0.1, -0.05) is 12.1 Å². The summed E-state index contributed by atoms with van der Waals surface area (Å²) in [6.07, 6.45) is -0.783. The van der Waals surface area contributed by atoms with E-state index in [1.54, 1.807) is 25.1 Å². The average Bonchev–Trinajstić information content (AvgIpc) is 3.05. The molecule has 0 radical (unpaired) electrons. The number of aliphatic hydroxyl groups is 1. The Morgan fingerprint density at radius 2 is 1.68 bits per heavy atom. The van der Waals surface area contributed by atoms with Crippen LogP contribution in [0.15, 0.2) is 64.8 Å². The van der Waals surface area contributed by atoms with E-state index in [1.807, 2.05) is 6.07 Å². The van der Waals surface area contributed by atoms with Gasteiger partial charge in [-0.3, -0.25) is 14.5 Å². The third-order valence-electron chi connectivity index (χ3n) is 8.78. The number of nitrogens with zero attached hydrogens (tertiary/aromatic N) is 3. The lowest BCUT2D eigenvalue weighted by Crippen LogP contribution is -2.38. The number of morpholine rings is 2. The fourth-order valence-electron chi connectivity index (χ4n) is 5.77. The van der Waals surface area contributed by atoms with Crippen molar-refractivity contribution in [2.24, 2.45) is 7.05 Å². The van der Waals surface area contributed by atoms with E-state index in [4.69, 9.17) is 14.2 Å². The summed E-state index contributed by atoms with van der Waals surface area (Å²) >= 11 is 0. The van der Waals surface area contributed by atoms with Gasteiger partial charge >= 0.3 is 6.18 Å². The first kappa shape index (κ1) is 36.9. The maximum atomic E-state index is 15.2. The highest BCUT2D eigenvalue weighted by Crippen LogP contribution is 2.36. The van der Waals surface area contributed by atoms with Gasteiger partial charge in [-0.2, -0.15) is 13.2 Å². The topological polar surface area (TPSA) is 106 Å². The van der Waals surface area contributed by atoms with Gasteiger partial charge < -0.3 is 34.1 Å². The summed E-state index contributed by atoms with van der Waals surface area (Å²) in [6.45, 7) is 7.67. The molecule has 0 unspecified atom stereocenters. The quantitative estimate of drug-likeness (QED) is 0.227. The highest BCUT2D eigenvalue weighted by molar-refractivity contribution is 5.96. The van der Waals surface area contributed by atoms with E-state index < -0.39 is 34.8 Å². The number of aromatic nitrogens is 1. The number of amides is 1. The number of nitrogens with one attached hydrogen (secondary N) is 1. The number of halogens is 4. The third-order valence-corrected chi connectivity index (χ3v) is 8.78. The van der Waals surface area contributed by atoms with Crippen LogP contribution in [-0.4, -0.2) is 79.6 Å². The minimum absolute atomic E-state index is 0.0375. The van der Waals surface area contributed by atoms with E-state index in [0.29, 0.717) is 51.6 Å². The van der Waals surface area contributed by atoms with E-state index in [-0.39, 0.29) is 23.6 Å². The zero-order valence-electron chi connectivity index (χ0n) is 28.2. The first-order valence-corrected chi connectivity index (χ1v) is 16.6. The summed E-state index contributed by atoms with van der Waals surface area (Å²) in [5.41, 5.74) is 1.38. The lowest BCUT2D eigenvalue weighted by atomic mass is 9.91. The van der Waals surface area contributed by atoms with E-state index in [0.717, 1.165) is 66.0 Å². The van der Waals surface area contributed by atoms with Gasteiger partial charge in [0.1, 0.15) is 22.9 Å². The van der Waals surface area contributed by atoms with Gasteiger partial charge in [-0.25, -0.2) is 4.39 Å². The molecule has 10 nitrogen and oxygen atoms in total. The molecule has 2 aromatic carbocycles. The second-order valence-electron chi connectivity index (χ2n) is 12.4. The van der Waals surface area contributed by atoms with Crippen LogP contribution in [0.2, 0.25) is 0 Å². The molecule has 3 aliphatic rings. The summed E-state index contributed by atoms with van der Waals surface area (Å²) in [6, 6.07) is 10.7. The van der Waals surface area contributed by atoms with E-state index in [2.05, 4.69) is 15.1 Å². The van der Waals surface area contributed by atoms with Crippen LogP contribution in [0.3, 0.4) is 0 Å². The van der Waals surface area contributed by atoms with Crippen LogP contribution >= 0.6 is 0 Å². The fourth-order valence-corrected chi connectivity index (χ4v) is 5.77. The second kappa shape index (κ2) is 16.5. The van der Waals surface area contributed by atoms with E-state index in [1.165, 1.54) is 19.2 Å². The van der Waals surface area contributed by atoms with Crippen molar-refractivity contribution >= 4 is 11.6 Å². The van der Waals surface area contributed by atoms with Crippen molar-refractivity contribution in [3.63, 3.8) is 0 Å². The van der Waals surface area contributed by atoms with Crippen molar-refractivity contribution in [1.29, 1.82) is 0 Å². The van der Waals surface area contributed by atoms with Crippen LogP contribution in [0, 0.1) is 12.7 Å². The average molecular weight is 703 g/mol. The molecule has 50 heavy (non-hydrogen) atoms. The zero-order chi connectivity index (χ0) is 35.8. The standard InChI is InChI=1S/C22H30FN3O4.C14H12F3NO2/c23-19-13-18(26-6-10-30-11-7-26)12-17(15-25-4-8-29-9-5-25)21(19)22(28)24-14-20(27)16-2-1-3-16;1-9-4-3-5-10(8-9)20-12-11(14(15,16)17)6-7-18(2)13(12)19/h12-13,27H,1-11,14-15H2,(H,24,28);3-8H,1-2H3. The smallest absolute Gasteiger partial charge is 0.420 e. The number of alkyl halides is 3. The molecule has 1 aliphatic carbocycles. The minimum atomic E-state index is -4.65. The van der Waals surface area contributed by atoms with Gasteiger partial charge in [0, 0.05) is 51.7 Å². The van der Waals surface area contributed by atoms with Crippen LogP contribution in [0.4, 0.5) is 23.2 Å². The predicted molar refractivity (Wildman–Crippen MR) is 179 cm³/mol. The van der Waals surface area contributed by atoms with Crippen molar-refractivity contribution in [2.45, 2.75) is 38.9 Å². The van der Waals surface area contributed by atoms with Crippen LogP contribution < -0.4 is 20.5 Å². The molecule has 6 rings (SSSR count). The number of benzene rings is 2. The molecule has 270 valence electrons. The van der Waals surface area contributed by atoms with Crippen molar-refractivity contribution in [3.05, 3.63) is 98.4 Å². The zero-order valence-corrected chi connectivity index (χ0v) is 28.2. The summed E-state index contributed by atoms with van der Waals surface area (Å²) in [5.74, 6) is -1.34. The van der Waals surface area contributed by atoms with Crippen molar-refractivity contribution in [2.75, 3.05) is 64.1 Å². The molecular weight excluding hydrogens is 660 g/mol. The lowest BCUT2D eigenvalue weighted by Gasteiger charge is -2.31. The number of anilines is 1. The SMILES string of the molecule is Cc1cccc(Oc2c(C(F)(F)F)ccn(C)c2=O)c1.O=C(NCC(O)=C1CCC1)c1c(F)cc(N2CCOCC2)cc1CN1CCOCC1. The van der Waals surface area contributed by atoms with Crippen molar-refractivity contribution < 1.29 is 41.7 Å². The number of hydrogen-bond donors (Lipinski definition) is 2. The number of carbonyl (C=O) groups excluding carboxylic acids is 1. The van der Waals surface area contributed by atoms with Crippen LogP contribution in [0.1, 0.15) is 46.3 Å². The molecule has 0 spiro atoms. The molecule has 1 amide bonds. The molecule has 2 N–H and O–H groups in total. The molecule has 3 aromatic rings. The van der Waals surface area contributed by atoms with Gasteiger partial charge in [0.25, 0.3) is 11.5 Å². The Balaban J connectivity index is 0.000000211. The second-order valence-corrected chi connectivity index (χ2v) is 12.4. The van der Waals surface area contributed by atoms with Crippen LogP contribution in [-0.2, 0) is 29.2 Å². The molecule has 0 atom stereocenters. The van der Waals surface area contributed by atoms with E-state index >= 15 is 4.39 Å². The number of allylic oxidation sites excluding steroid dienone is 1. The molecule has 14 heteroatoms. The molecule has 1 aromatic heterocycles. The maximum Gasteiger partial charge on any atom is 0.420 e. The number of aryl methyl sites for hydroxylation is 2. The summed E-state index contributed by atoms with van der Waals surface area (Å²) in [7, 11) is 1.37. The fraction of sp³-hybridized carbons (Fsp3) is 0.444. The van der Waals surface area contributed by atoms with Gasteiger partial charge in [-0.05, 0) is 73.2 Å². The molecular formula is C36H42F4N4O6. The Labute approximate surface area is 287 Å². The van der Waals surface area contributed by atoms with Gasteiger partial charge in [0.15, 0.2) is 0 Å². The Hall–Kier alpha value is -4.40. The Kier molecular flexibility index (Phi) is 12.2. The number of aliphatic hydroxyl groups excluding tert-OH is 1. The highest BCUT2D eigenvalue weighted by Gasteiger charge is 2.36. The third kappa shape index (κ3) is 9.43. The summed E-state index contributed by atoms with van der Waals surface area (Å²) < 4.78 is 71.0. The van der Waals surface area contributed by atoms with Gasteiger partial charge in [-0.15, -0.1) is 0 Å². The number of rotatable bonds is 8. The number of carbonyl (C=O) groups is 1. The molecule has 3 heterocycles. The van der Waals surface area contributed by atoms with E-state index in [9.17, 15) is 27.9 Å². The summed E-state index contributed by atoms with van der Waals surface area (Å²) in [5, 5.41) is 12.8. The highest BCUT2D eigenvalue weighted by atomic mass is 19.4. The first-order valence-electron chi connectivity index (χ1n) is 16.6. The molecule has 2 saturated heterocycles. The molecule has 3 fully saturated rings. The maximum absolute atomic E-state index is 15.2. The molecule has 2 aliphatic heterocycles. The first-order chi connectivity index (χ1) is 23.9. The monoisotopic (exact) mass is 702 g/mol. The van der Waals surface area contributed by atoms with Gasteiger partial charge in [0.2, 0.25) is 5.75 Å².